The molecule has 0 saturated heterocycles. The third kappa shape index (κ3) is 7.98. The van der Waals surface area contributed by atoms with Crippen LogP contribution in [0.4, 0.5) is 18.9 Å². The number of alkyl halides is 3. The van der Waals surface area contributed by atoms with E-state index in [1.807, 2.05) is 19.1 Å². The maximum atomic E-state index is 12.1. The maximum absolute atomic E-state index is 12.1. The molecule has 28 heavy (non-hydrogen) atoms. The van der Waals surface area contributed by atoms with Crippen molar-refractivity contribution in [3.63, 3.8) is 0 Å². The summed E-state index contributed by atoms with van der Waals surface area (Å²) < 4.78 is 50.2. The number of halogens is 3. The van der Waals surface area contributed by atoms with Crippen molar-refractivity contribution in [2.75, 3.05) is 18.5 Å². The molecular weight excluding hydrogens is 379 g/mol. The third-order valence-electron chi connectivity index (χ3n) is 3.33. The molecule has 0 heterocycles. The van der Waals surface area contributed by atoms with E-state index in [9.17, 15) is 22.8 Å². The van der Waals surface area contributed by atoms with Crippen molar-refractivity contribution in [3.05, 3.63) is 54.1 Å². The summed E-state index contributed by atoms with van der Waals surface area (Å²) in [4.78, 5) is 23.3. The van der Waals surface area contributed by atoms with Crippen LogP contribution in [-0.2, 0) is 14.3 Å². The van der Waals surface area contributed by atoms with E-state index >= 15 is 0 Å². The van der Waals surface area contributed by atoms with E-state index in [1.165, 1.54) is 12.1 Å². The molecule has 0 atom stereocenters. The molecule has 0 unspecified atom stereocenters. The molecule has 0 aliphatic rings. The van der Waals surface area contributed by atoms with Gasteiger partial charge in [0.2, 0.25) is 0 Å². The number of carbonyl (C=O) groups excluding carboxylic acids is 2. The second-order valence-electron chi connectivity index (χ2n) is 5.69. The molecule has 0 saturated carbocycles. The van der Waals surface area contributed by atoms with Crippen LogP contribution in [0.5, 0.6) is 11.5 Å². The number of aryl methyl sites for hydroxylation is 1. The Morgan fingerprint density at radius 1 is 0.964 bits per heavy atom. The van der Waals surface area contributed by atoms with Crippen LogP contribution in [0.15, 0.2) is 48.5 Å². The molecule has 6 nitrogen and oxygen atoms in total. The van der Waals surface area contributed by atoms with Gasteiger partial charge in [-0.1, -0.05) is 17.7 Å². The molecule has 0 bridgehead atoms. The van der Waals surface area contributed by atoms with E-state index in [2.05, 4.69) is 10.1 Å². The van der Waals surface area contributed by atoms with Crippen molar-refractivity contribution in [2.45, 2.75) is 19.7 Å². The number of nitrogens with one attached hydrogen (secondary N) is 1. The normalized spacial score (nSPS) is 10.9. The Morgan fingerprint density at radius 2 is 1.57 bits per heavy atom. The average Bonchev–Trinajstić information content (AvgIpc) is 2.62. The first-order valence-corrected chi connectivity index (χ1v) is 8.22. The van der Waals surface area contributed by atoms with Gasteiger partial charge in [-0.05, 0) is 43.3 Å². The highest BCUT2D eigenvalue weighted by molar-refractivity contribution is 5.92. The summed E-state index contributed by atoms with van der Waals surface area (Å²) in [7, 11) is 0. The SMILES string of the molecule is Cc1ccc(OCCC(=O)OCC(=O)Nc2ccc(OC(F)(F)F)cc2)cc1. The van der Waals surface area contributed by atoms with Crippen molar-refractivity contribution >= 4 is 17.6 Å². The molecule has 0 fully saturated rings. The van der Waals surface area contributed by atoms with Crippen molar-refractivity contribution in [1.29, 1.82) is 0 Å². The second kappa shape index (κ2) is 9.63. The molecule has 0 aliphatic heterocycles. The van der Waals surface area contributed by atoms with Gasteiger partial charge in [-0.25, -0.2) is 0 Å². The Morgan fingerprint density at radius 3 is 2.18 bits per heavy atom. The molecule has 0 spiro atoms. The Hall–Kier alpha value is -3.23. The summed E-state index contributed by atoms with van der Waals surface area (Å²) in [6, 6.07) is 11.9. The van der Waals surface area contributed by atoms with Gasteiger partial charge < -0.3 is 19.5 Å². The number of hydrogen-bond acceptors (Lipinski definition) is 5. The van der Waals surface area contributed by atoms with Gasteiger partial charge in [0.25, 0.3) is 5.91 Å². The van der Waals surface area contributed by atoms with E-state index < -0.39 is 30.6 Å². The van der Waals surface area contributed by atoms with Crippen LogP contribution in [-0.4, -0.2) is 31.5 Å². The minimum Gasteiger partial charge on any atom is -0.493 e. The Bertz CT molecular complexity index is 789. The number of hydrogen-bond donors (Lipinski definition) is 1. The third-order valence-corrected chi connectivity index (χ3v) is 3.33. The Balaban J connectivity index is 1.67. The van der Waals surface area contributed by atoms with Gasteiger partial charge in [0.05, 0.1) is 13.0 Å². The minimum atomic E-state index is -4.79. The van der Waals surface area contributed by atoms with Crippen molar-refractivity contribution in [1.82, 2.24) is 0 Å². The topological polar surface area (TPSA) is 73.9 Å². The van der Waals surface area contributed by atoms with Gasteiger partial charge in [-0.3, -0.25) is 9.59 Å². The molecule has 1 N–H and O–H groups in total. The van der Waals surface area contributed by atoms with E-state index in [0.717, 1.165) is 17.7 Å². The number of rotatable bonds is 8. The predicted molar refractivity (Wildman–Crippen MR) is 94.0 cm³/mol. The van der Waals surface area contributed by atoms with Crippen molar-refractivity contribution < 1.29 is 37.0 Å². The van der Waals surface area contributed by atoms with Gasteiger partial charge in [0.15, 0.2) is 6.61 Å². The molecular formula is C19H18F3NO5. The van der Waals surface area contributed by atoms with E-state index in [0.29, 0.717) is 5.75 Å². The lowest BCUT2D eigenvalue weighted by Gasteiger charge is -2.10. The lowest BCUT2D eigenvalue weighted by Crippen LogP contribution is -2.21. The maximum Gasteiger partial charge on any atom is 0.573 e. The van der Waals surface area contributed by atoms with Gasteiger partial charge in [0, 0.05) is 5.69 Å². The molecule has 0 aromatic heterocycles. The summed E-state index contributed by atoms with van der Waals surface area (Å²) in [5.74, 6) is -1.03. The number of anilines is 1. The molecule has 2 aromatic rings. The Labute approximate surface area is 159 Å². The smallest absolute Gasteiger partial charge is 0.493 e. The van der Waals surface area contributed by atoms with Crippen LogP contribution < -0.4 is 14.8 Å². The largest absolute Gasteiger partial charge is 0.573 e. The van der Waals surface area contributed by atoms with Gasteiger partial charge in [0.1, 0.15) is 11.5 Å². The molecule has 0 radical (unpaired) electrons. The van der Waals surface area contributed by atoms with Crippen LogP contribution in [0.1, 0.15) is 12.0 Å². The lowest BCUT2D eigenvalue weighted by atomic mass is 10.2. The fraction of sp³-hybridized carbons (Fsp3) is 0.263. The van der Waals surface area contributed by atoms with Crippen molar-refractivity contribution in [2.24, 2.45) is 0 Å². The van der Waals surface area contributed by atoms with Gasteiger partial charge in [-0.2, -0.15) is 0 Å². The minimum absolute atomic E-state index is 0.0371. The zero-order chi connectivity index (χ0) is 20.6. The fourth-order valence-corrected chi connectivity index (χ4v) is 2.04. The van der Waals surface area contributed by atoms with Crippen LogP contribution in [0.2, 0.25) is 0 Å². The van der Waals surface area contributed by atoms with Crippen LogP contribution in [0.25, 0.3) is 0 Å². The quantitative estimate of drug-likeness (QED) is 0.685. The standard InChI is InChI=1S/C19H18F3NO5/c1-13-2-6-15(7-3-13)26-11-10-18(25)27-12-17(24)23-14-4-8-16(9-5-14)28-19(20,21)22/h2-9H,10-12H2,1H3,(H,23,24). The zero-order valence-electron chi connectivity index (χ0n) is 14.9. The van der Waals surface area contributed by atoms with Gasteiger partial charge >= 0.3 is 12.3 Å². The molecule has 9 heteroatoms. The highest BCUT2D eigenvalue weighted by Gasteiger charge is 2.30. The van der Waals surface area contributed by atoms with Crippen LogP contribution in [0, 0.1) is 6.92 Å². The number of benzene rings is 2. The first-order chi connectivity index (χ1) is 13.2. The first-order valence-electron chi connectivity index (χ1n) is 8.22. The summed E-state index contributed by atoms with van der Waals surface area (Å²) in [6.07, 6.45) is -4.83. The molecule has 2 aromatic carbocycles. The molecule has 150 valence electrons. The summed E-state index contributed by atoms with van der Waals surface area (Å²) in [5, 5.41) is 2.39. The molecule has 1 amide bonds. The van der Waals surface area contributed by atoms with Gasteiger partial charge in [-0.15, -0.1) is 13.2 Å². The fourth-order valence-electron chi connectivity index (χ4n) is 2.04. The molecule has 2 rings (SSSR count). The first kappa shape index (κ1) is 21.1. The second-order valence-corrected chi connectivity index (χ2v) is 5.69. The zero-order valence-corrected chi connectivity index (χ0v) is 14.9. The van der Waals surface area contributed by atoms with Crippen LogP contribution >= 0.6 is 0 Å². The Kier molecular flexibility index (Phi) is 7.25. The van der Waals surface area contributed by atoms with E-state index in [-0.39, 0.29) is 18.7 Å². The average molecular weight is 397 g/mol. The van der Waals surface area contributed by atoms with Crippen molar-refractivity contribution in [3.8, 4) is 11.5 Å². The number of esters is 1. The van der Waals surface area contributed by atoms with Crippen LogP contribution in [0.3, 0.4) is 0 Å². The summed E-state index contributed by atoms with van der Waals surface area (Å²) in [6.45, 7) is 1.52. The lowest BCUT2D eigenvalue weighted by molar-refractivity contribution is -0.274. The molecule has 0 aliphatic carbocycles. The predicted octanol–water partition coefficient (Wildman–Crippen LogP) is 3.84. The number of amides is 1. The van der Waals surface area contributed by atoms with E-state index in [1.54, 1.807) is 12.1 Å². The van der Waals surface area contributed by atoms with E-state index in [4.69, 9.17) is 9.47 Å². The number of ether oxygens (including phenoxy) is 3. The highest BCUT2D eigenvalue weighted by Crippen LogP contribution is 2.23. The monoisotopic (exact) mass is 397 g/mol. The number of carbonyl (C=O) groups is 2. The summed E-state index contributed by atoms with van der Waals surface area (Å²) in [5.41, 5.74) is 1.32. The summed E-state index contributed by atoms with van der Waals surface area (Å²) >= 11 is 0. The highest BCUT2D eigenvalue weighted by atomic mass is 19.4.